The van der Waals surface area contributed by atoms with E-state index < -0.39 is 17.2 Å². The summed E-state index contributed by atoms with van der Waals surface area (Å²) in [6.07, 6.45) is -1.14. The zero-order valence-electron chi connectivity index (χ0n) is 26.9. The van der Waals surface area contributed by atoms with E-state index >= 15 is 0 Å². The zero-order valence-corrected chi connectivity index (χ0v) is 29.3. The normalized spacial score (nSPS) is 14.2. The van der Waals surface area contributed by atoms with Gasteiger partial charge in [0, 0.05) is 46.5 Å². The Labute approximate surface area is 274 Å². The van der Waals surface area contributed by atoms with Gasteiger partial charge in [-0.2, -0.15) is 48.5 Å². The molecule has 44 heavy (non-hydrogen) atoms. The molecule has 0 N–H and O–H groups in total. The number of carbonyl (C=O) groups excluding carboxylic acids is 1. The van der Waals surface area contributed by atoms with Crippen molar-refractivity contribution >= 4 is 52.9 Å². The SMILES string of the molecule is CC(CC(C)(C)C)C(C)(C)C(=O)OCCSCCSCCSCCOc1cccc2c1CC(c1ccccc1C(F)(F)F)=C2. The predicted molar refractivity (Wildman–Crippen MR) is 185 cm³/mol. The summed E-state index contributed by atoms with van der Waals surface area (Å²) in [5.41, 5.74) is 1.87. The minimum absolute atomic E-state index is 0.102. The van der Waals surface area contributed by atoms with Gasteiger partial charge in [0.1, 0.15) is 12.4 Å². The van der Waals surface area contributed by atoms with Gasteiger partial charge in [0.05, 0.1) is 17.6 Å². The number of allylic oxidation sites excluding steroid dienone is 1. The molecule has 0 saturated heterocycles. The van der Waals surface area contributed by atoms with E-state index in [0.717, 1.165) is 63.9 Å². The summed E-state index contributed by atoms with van der Waals surface area (Å²) in [6, 6.07) is 11.5. The van der Waals surface area contributed by atoms with Crippen molar-refractivity contribution in [3.05, 3.63) is 64.7 Å². The molecule has 0 radical (unpaired) electrons. The zero-order chi connectivity index (χ0) is 32.4. The summed E-state index contributed by atoms with van der Waals surface area (Å²) in [4.78, 5) is 12.6. The summed E-state index contributed by atoms with van der Waals surface area (Å²) >= 11 is 5.59. The van der Waals surface area contributed by atoms with Crippen molar-refractivity contribution in [1.29, 1.82) is 0 Å². The van der Waals surface area contributed by atoms with Gasteiger partial charge in [0.15, 0.2) is 0 Å². The second-order valence-electron chi connectivity index (χ2n) is 12.9. The van der Waals surface area contributed by atoms with Crippen molar-refractivity contribution in [2.45, 2.75) is 60.6 Å². The first-order chi connectivity index (χ1) is 20.7. The molecule has 0 heterocycles. The molecule has 0 fully saturated rings. The number of halogens is 3. The van der Waals surface area contributed by atoms with E-state index in [0.29, 0.717) is 25.2 Å². The van der Waals surface area contributed by atoms with Gasteiger partial charge in [0.25, 0.3) is 0 Å². The number of rotatable bonds is 17. The molecule has 3 rings (SSSR count). The lowest BCUT2D eigenvalue weighted by atomic mass is 9.72. The fraction of sp³-hybridized carbons (Fsp3) is 0.571. The van der Waals surface area contributed by atoms with Gasteiger partial charge < -0.3 is 9.47 Å². The number of ether oxygens (including phenoxy) is 2. The fourth-order valence-electron chi connectivity index (χ4n) is 5.16. The standard InChI is InChI=1S/C35H47F3O3S3/c1-25(24-33(2,3)4)34(5,6)32(39)41-15-17-43-19-21-44-20-18-42-16-14-40-31-13-9-10-26-22-27(23-29(26)31)28-11-7-8-12-30(28)35(36,37)38/h7-13,22,25H,14-21,23-24H2,1-6H3. The van der Waals surface area contributed by atoms with Gasteiger partial charge in [-0.1, -0.05) is 64.1 Å². The number of hydrogen-bond acceptors (Lipinski definition) is 6. The number of esters is 1. The molecule has 244 valence electrons. The Kier molecular flexibility index (Phi) is 14.0. The summed E-state index contributed by atoms with van der Waals surface area (Å²) in [5.74, 6) is 6.76. The molecule has 1 aliphatic rings. The van der Waals surface area contributed by atoms with Gasteiger partial charge in [0.2, 0.25) is 0 Å². The number of carbonyl (C=O) groups is 1. The van der Waals surface area contributed by atoms with Crippen molar-refractivity contribution in [3.8, 4) is 5.75 Å². The number of alkyl halides is 3. The molecule has 0 bridgehead atoms. The molecule has 1 unspecified atom stereocenters. The van der Waals surface area contributed by atoms with Crippen molar-refractivity contribution in [2.75, 3.05) is 47.7 Å². The molecular formula is C35H47F3O3S3. The van der Waals surface area contributed by atoms with E-state index in [1.807, 2.05) is 73.4 Å². The predicted octanol–water partition coefficient (Wildman–Crippen LogP) is 10.0. The lowest BCUT2D eigenvalue weighted by molar-refractivity contribution is -0.156. The van der Waals surface area contributed by atoms with Crippen LogP contribution in [0.25, 0.3) is 11.6 Å². The van der Waals surface area contributed by atoms with Crippen LogP contribution in [-0.2, 0) is 22.1 Å². The van der Waals surface area contributed by atoms with Crippen LogP contribution in [0.1, 0.15) is 70.2 Å². The largest absolute Gasteiger partial charge is 0.492 e. The van der Waals surface area contributed by atoms with Crippen LogP contribution in [0.15, 0.2) is 42.5 Å². The van der Waals surface area contributed by atoms with Crippen LogP contribution < -0.4 is 4.74 Å². The first-order valence-corrected chi connectivity index (χ1v) is 18.7. The second kappa shape index (κ2) is 16.7. The highest BCUT2D eigenvalue weighted by molar-refractivity contribution is 8.04. The smallest absolute Gasteiger partial charge is 0.416 e. The van der Waals surface area contributed by atoms with Crippen molar-refractivity contribution in [1.82, 2.24) is 0 Å². The van der Waals surface area contributed by atoms with E-state index in [1.165, 1.54) is 6.07 Å². The lowest BCUT2D eigenvalue weighted by Crippen LogP contribution is -2.35. The van der Waals surface area contributed by atoms with E-state index in [9.17, 15) is 18.0 Å². The Bertz CT molecular complexity index is 1250. The highest BCUT2D eigenvalue weighted by Crippen LogP contribution is 2.42. The number of fused-ring (bicyclic) bond motifs is 1. The molecule has 9 heteroatoms. The highest BCUT2D eigenvalue weighted by atomic mass is 32.2. The van der Waals surface area contributed by atoms with E-state index in [1.54, 1.807) is 12.1 Å². The van der Waals surface area contributed by atoms with Gasteiger partial charge in [-0.3, -0.25) is 4.79 Å². The molecule has 0 amide bonds. The average molecular weight is 669 g/mol. The van der Waals surface area contributed by atoms with E-state index in [-0.39, 0.29) is 22.9 Å². The molecule has 2 aromatic rings. The minimum atomic E-state index is -4.39. The first kappa shape index (κ1) is 36.8. The summed E-state index contributed by atoms with van der Waals surface area (Å²) < 4.78 is 52.3. The molecule has 0 aliphatic heterocycles. The van der Waals surface area contributed by atoms with Crippen LogP contribution in [0.4, 0.5) is 13.2 Å². The molecule has 1 atom stereocenters. The van der Waals surface area contributed by atoms with Crippen LogP contribution in [0.5, 0.6) is 5.75 Å². The maximum Gasteiger partial charge on any atom is 0.416 e. The number of hydrogen-bond donors (Lipinski definition) is 0. The topological polar surface area (TPSA) is 35.5 Å². The summed E-state index contributed by atoms with van der Waals surface area (Å²) in [6.45, 7) is 13.7. The average Bonchev–Trinajstić information content (AvgIpc) is 3.39. The van der Waals surface area contributed by atoms with E-state index in [4.69, 9.17) is 9.47 Å². The number of thioether (sulfide) groups is 3. The fourth-order valence-corrected chi connectivity index (χ4v) is 8.06. The maximum absolute atomic E-state index is 13.6. The molecule has 0 aromatic heterocycles. The first-order valence-electron chi connectivity index (χ1n) is 15.2. The summed E-state index contributed by atoms with van der Waals surface area (Å²) in [7, 11) is 0. The number of benzene rings is 2. The Balaban J connectivity index is 1.25. The quantitative estimate of drug-likeness (QED) is 0.123. The van der Waals surface area contributed by atoms with Crippen molar-refractivity contribution < 1.29 is 27.4 Å². The third-order valence-electron chi connectivity index (χ3n) is 7.81. The van der Waals surface area contributed by atoms with Crippen LogP contribution >= 0.6 is 35.3 Å². The second-order valence-corrected chi connectivity index (χ2v) is 16.6. The Hall–Kier alpha value is -1.71. The minimum Gasteiger partial charge on any atom is -0.492 e. The Morgan fingerprint density at radius 2 is 1.45 bits per heavy atom. The highest BCUT2D eigenvalue weighted by Gasteiger charge is 2.37. The van der Waals surface area contributed by atoms with E-state index in [2.05, 4.69) is 27.7 Å². The summed E-state index contributed by atoms with van der Waals surface area (Å²) in [5, 5.41) is 0. The van der Waals surface area contributed by atoms with Crippen LogP contribution in [0, 0.1) is 16.7 Å². The lowest BCUT2D eigenvalue weighted by Gasteiger charge is -2.33. The van der Waals surface area contributed by atoms with Gasteiger partial charge in [-0.15, -0.1) is 0 Å². The maximum atomic E-state index is 13.6. The molecule has 2 aromatic carbocycles. The molecular weight excluding hydrogens is 622 g/mol. The molecule has 0 spiro atoms. The Morgan fingerprint density at radius 1 is 0.841 bits per heavy atom. The van der Waals surface area contributed by atoms with Crippen LogP contribution in [0.3, 0.4) is 0 Å². The molecule has 1 aliphatic carbocycles. The van der Waals surface area contributed by atoms with Crippen LogP contribution in [0.2, 0.25) is 0 Å². The van der Waals surface area contributed by atoms with Crippen molar-refractivity contribution in [2.24, 2.45) is 16.7 Å². The third-order valence-corrected chi connectivity index (χ3v) is 11.2. The third kappa shape index (κ3) is 11.3. The molecule has 3 nitrogen and oxygen atoms in total. The Morgan fingerprint density at radius 3 is 2.09 bits per heavy atom. The van der Waals surface area contributed by atoms with Gasteiger partial charge in [-0.05, 0) is 60.4 Å². The van der Waals surface area contributed by atoms with Crippen molar-refractivity contribution in [3.63, 3.8) is 0 Å². The van der Waals surface area contributed by atoms with Gasteiger partial charge >= 0.3 is 12.1 Å². The monoisotopic (exact) mass is 668 g/mol. The van der Waals surface area contributed by atoms with Crippen LogP contribution in [-0.4, -0.2) is 53.7 Å². The molecule has 0 saturated carbocycles. The van der Waals surface area contributed by atoms with Gasteiger partial charge in [-0.25, -0.2) is 0 Å².